The summed E-state index contributed by atoms with van der Waals surface area (Å²) in [6.45, 7) is 6.02. The lowest BCUT2D eigenvalue weighted by atomic mass is 9.90. The number of likely N-dealkylation sites (N-methyl/N-ethyl adjacent to an activating group) is 1. The number of halogens is 1. The van der Waals surface area contributed by atoms with Crippen molar-refractivity contribution in [1.29, 1.82) is 0 Å². The Hall–Kier alpha value is -3.68. The maximum Gasteiger partial charge on any atom is 0.294 e. The highest BCUT2D eigenvalue weighted by Crippen LogP contribution is 2.33. The highest BCUT2D eigenvalue weighted by atomic mass is 19.1. The zero-order valence-electron chi connectivity index (χ0n) is 21.9. The van der Waals surface area contributed by atoms with Crippen LogP contribution in [0.25, 0.3) is 10.9 Å². The Bertz CT molecular complexity index is 1300. The van der Waals surface area contributed by atoms with Crippen LogP contribution in [0.5, 0.6) is 5.75 Å². The van der Waals surface area contributed by atoms with Gasteiger partial charge in [-0.05, 0) is 62.8 Å². The molecule has 0 radical (unpaired) electrons. The fraction of sp³-hybridized carbons (Fsp3) is 0.414. The predicted octanol–water partition coefficient (Wildman–Crippen LogP) is 4.56. The molecule has 1 aromatic heterocycles. The fourth-order valence-corrected chi connectivity index (χ4v) is 4.98. The van der Waals surface area contributed by atoms with Gasteiger partial charge in [0.2, 0.25) is 0 Å². The summed E-state index contributed by atoms with van der Waals surface area (Å²) in [6, 6.07) is 10.1. The van der Waals surface area contributed by atoms with Crippen LogP contribution < -0.4 is 4.74 Å². The number of hydrogen-bond donors (Lipinski definition) is 0. The van der Waals surface area contributed by atoms with E-state index in [-0.39, 0.29) is 17.3 Å². The van der Waals surface area contributed by atoms with Crippen molar-refractivity contribution in [2.75, 3.05) is 33.8 Å². The normalized spacial score (nSPS) is 14.1. The molecule has 1 fully saturated rings. The second-order valence-electron chi connectivity index (χ2n) is 9.72. The number of carbonyl (C=O) groups is 3. The maximum atomic E-state index is 13.7. The summed E-state index contributed by atoms with van der Waals surface area (Å²) in [5.41, 5.74) is 2.52. The van der Waals surface area contributed by atoms with Crippen molar-refractivity contribution in [3.63, 3.8) is 0 Å². The van der Waals surface area contributed by atoms with Crippen molar-refractivity contribution in [2.24, 2.45) is 5.92 Å². The van der Waals surface area contributed by atoms with Crippen molar-refractivity contribution >= 4 is 28.5 Å². The van der Waals surface area contributed by atoms with Gasteiger partial charge in [-0.25, -0.2) is 4.39 Å². The fourth-order valence-electron chi connectivity index (χ4n) is 4.98. The number of fused-ring (bicyclic) bond motifs is 1. The summed E-state index contributed by atoms with van der Waals surface area (Å²) in [5, 5.41) is 0.569. The first-order valence-electron chi connectivity index (χ1n) is 12.8. The number of ether oxygens (including phenoxy) is 1. The third kappa shape index (κ3) is 5.53. The molecule has 0 aliphatic carbocycles. The summed E-state index contributed by atoms with van der Waals surface area (Å²) in [5.74, 6) is -0.711. The molecule has 1 saturated heterocycles. The molecule has 0 N–H and O–H groups in total. The van der Waals surface area contributed by atoms with E-state index in [4.69, 9.17) is 4.74 Å². The Labute approximate surface area is 216 Å². The Morgan fingerprint density at radius 3 is 2.30 bits per heavy atom. The number of aryl methyl sites for hydroxylation is 1. The number of likely N-dealkylation sites (tertiary alicyclic amines) is 1. The molecule has 2 heterocycles. The molecule has 1 aliphatic rings. The summed E-state index contributed by atoms with van der Waals surface area (Å²) in [7, 11) is 3.09. The summed E-state index contributed by atoms with van der Waals surface area (Å²) in [6.07, 6.45) is 4.24. The van der Waals surface area contributed by atoms with E-state index >= 15 is 0 Å². The van der Waals surface area contributed by atoms with Gasteiger partial charge in [-0.1, -0.05) is 12.1 Å². The number of Topliss-reactive ketones (excluding diaryl/α,β-unsaturated/α-hetero) is 1. The van der Waals surface area contributed by atoms with Crippen LogP contribution in [0, 0.1) is 11.7 Å². The third-order valence-corrected chi connectivity index (χ3v) is 7.04. The number of amides is 2. The van der Waals surface area contributed by atoms with Crippen molar-refractivity contribution in [1.82, 2.24) is 14.4 Å². The van der Waals surface area contributed by atoms with E-state index in [2.05, 4.69) is 0 Å². The van der Waals surface area contributed by atoms with Crippen LogP contribution in [-0.2, 0) is 17.8 Å². The molecule has 2 aromatic carbocycles. The number of benzene rings is 2. The molecule has 0 atom stereocenters. The topological polar surface area (TPSA) is 71.8 Å². The van der Waals surface area contributed by atoms with Gasteiger partial charge in [0, 0.05) is 51.4 Å². The monoisotopic (exact) mass is 507 g/mol. The van der Waals surface area contributed by atoms with Crippen LogP contribution in [-0.4, -0.2) is 65.8 Å². The molecular formula is C29H34FN3O4. The minimum Gasteiger partial charge on any atom is -0.493 e. The average Bonchev–Trinajstić information content (AvgIpc) is 3.26. The lowest BCUT2D eigenvalue weighted by Gasteiger charge is -2.32. The molecule has 4 rings (SSSR count). The minimum absolute atomic E-state index is 0.146. The Morgan fingerprint density at radius 2 is 1.70 bits per heavy atom. The average molecular weight is 508 g/mol. The number of nitrogens with zero attached hydrogens (tertiary/aromatic N) is 3. The molecule has 0 spiro atoms. The number of rotatable bonds is 8. The molecule has 0 saturated carbocycles. The quantitative estimate of drug-likeness (QED) is 0.331. The van der Waals surface area contributed by atoms with Gasteiger partial charge in [-0.15, -0.1) is 0 Å². The van der Waals surface area contributed by atoms with Crippen molar-refractivity contribution in [3.8, 4) is 5.75 Å². The van der Waals surface area contributed by atoms with E-state index in [1.165, 1.54) is 17.0 Å². The molecule has 1 aliphatic heterocycles. The molecule has 0 unspecified atom stereocenters. The van der Waals surface area contributed by atoms with Gasteiger partial charge in [0.1, 0.15) is 11.6 Å². The smallest absolute Gasteiger partial charge is 0.294 e. The number of hydrogen-bond acceptors (Lipinski definition) is 4. The predicted molar refractivity (Wildman–Crippen MR) is 141 cm³/mol. The summed E-state index contributed by atoms with van der Waals surface area (Å²) < 4.78 is 21.0. The van der Waals surface area contributed by atoms with Gasteiger partial charge in [-0.3, -0.25) is 14.4 Å². The molecule has 8 heteroatoms. The molecule has 3 aromatic rings. The number of ketones is 1. The van der Waals surface area contributed by atoms with Crippen LogP contribution >= 0.6 is 0 Å². The van der Waals surface area contributed by atoms with E-state index < -0.39 is 11.7 Å². The van der Waals surface area contributed by atoms with Crippen molar-refractivity contribution in [2.45, 2.75) is 39.7 Å². The summed E-state index contributed by atoms with van der Waals surface area (Å²) in [4.78, 5) is 42.2. The maximum absolute atomic E-state index is 13.7. The zero-order chi connectivity index (χ0) is 26.7. The molecule has 37 heavy (non-hydrogen) atoms. The van der Waals surface area contributed by atoms with E-state index in [0.717, 1.165) is 30.3 Å². The third-order valence-electron chi connectivity index (χ3n) is 7.04. The van der Waals surface area contributed by atoms with E-state index in [1.807, 2.05) is 35.4 Å². The van der Waals surface area contributed by atoms with Crippen LogP contribution in [0.3, 0.4) is 0 Å². The molecule has 196 valence electrons. The van der Waals surface area contributed by atoms with Crippen LogP contribution in [0.2, 0.25) is 0 Å². The van der Waals surface area contributed by atoms with Gasteiger partial charge < -0.3 is 19.1 Å². The lowest BCUT2D eigenvalue weighted by molar-refractivity contribution is -0.124. The minimum atomic E-state index is -0.611. The second kappa shape index (κ2) is 11.2. The second-order valence-corrected chi connectivity index (χ2v) is 9.72. The van der Waals surface area contributed by atoms with Crippen molar-refractivity contribution in [3.05, 3.63) is 65.1 Å². The number of carbonyl (C=O) groups excluding carboxylic acids is 3. The molecule has 2 amide bonds. The lowest BCUT2D eigenvalue weighted by Crippen LogP contribution is -2.39. The first kappa shape index (κ1) is 26.4. The van der Waals surface area contributed by atoms with E-state index in [9.17, 15) is 18.8 Å². The van der Waals surface area contributed by atoms with Gasteiger partial charge in [-0.2, -0.15) is 0 Å². The van der Waals surface area contributed by atoms with E-state index in [0.29, 0.717) is 48.9 Å². The van der Waals surface area contributed by atoms with Crippen LogP contribution in [0.1, 0.15) is 53.0 Å². The highest BCUT2D eigenvalue weighted by Gasteiger charge is 2.29. The van der Waals surface area contributed by atoms with Gasteiger partial charge in [0.15, 0.2) is 0 Å². The van der Waals surface area contributed by atoms with Crippen molar-refractivity contribution < 1.29 is 23.5 Å². The Balaban J connectivity index is 1.60. The Kier molecular flexibility index (Phi) is 7.95. The highest BCUT2D eigenvalue weighted by molar-refractivity contribution is 6.44. The van der Waals surface area contributed by atoms with Gasteiger partial charge in [0.25, 0.3) is 17.6 Å². The first-order chi connectivity index (χ1) is 17.7. The zero-order valence-corrected chi connectivity index (χ0v) is 21.9. The molecule has 7 nitrogen and oxygen atoms in total. The SMILES string of the molecule is CCOc1cc2c(cc1C(=O)N1CCC(Cc3ccc(F)cc3)CC1)c(C(=O)C(=O)N(C)C)cn2CC. The van der Waals surface area contributed by atoms with Gasteiger partial charge in [0.05, 0.1) is 23.3 Å². The first-order valence-corrected chi connectivity index (χ1v) is 12.8. The summed E-state index contributed by atoms with van der Waals surface area (Å²) >= 11 is 0. The van der Waals surface area contributed by atoms with Gasteiger partial charge >= 0.3 is 0 Å². The molecular weight excluding hydrogens is 473 g/mol. The largest absolute Gasteiger partial charge is 0.493 e. The molecule has 0 bridgehead atoms. The number of aromatic nitrogens is 1. The standard InChI is InChI=1S/C29H34FN3O4/c1-5-32-18-24(27(34)29(36)31(3)4)22-16-23(26(37-6-2)17-25(22)32)28(35)33-13-11-20(12-14-33)15-19-7-9-21(30)10-8-19/h7-10,16-18,20H,5-6,11-15H2,1-4H3. The number of piperidine rings is 1. The Morgan fingerprint density at radius 1 is 1.03 bits per heavy atom. The van der Waals surface area contributed by atoms with E-state index in [1.54, 1.807) is 32.4 Å². The van der Waals surface area contributed by atoms with Crippen LogP contribution in [0.15, 0.2) is 42.6 Å². The van der Waals surface area contributed by atoms with Crippen LogP contribution in [0.4, 0.5) is 4.39 Å².